The molecule has 1 saturated carbocycles. The Kier molecular flexibility index (Phi) is 5.53. The number of carbonyl (C=O) groups excluding carboxylic acids is 1. The summed E-state index contributed by atoms with van der Waals surface area (Å²) in [5, 5.41) is 3.92. The number of nitrogens with zero attached hydrogens (tertiary/aromatic N) is 2. The summed E-state index contributed by atoms with van der Waals surface area (Å²) < 4.78 is 37.8. The molecule has 9 heteroatoms. The molecule has 4 rings (SSSR count). The molecule has 1 amide bonds. The predicted molar refractivity (Wildman–Crippen MR) is 106 cm³/mol. The Bertz CT molecular complexity index is 1020. The molecule has 2 atom stereocenters. The van der Waals surface area contributed by atoms with E-state index in [0.717, 1.165) is 12.2 Å². The molecule has 1 aliphatic heterocycles. The van der Waals surface area contributed by atoms with Crippen molar-refractivity contribution in [3.05, 3.63) is 53.5 Å². The fraction of sp³-hybridized carbons (Fsp3) is 0.400. The van der Waals surface area contributed by atoms with E-state index in [1.54, 1.807) is 12.1 Å². The van der Waals surface area contributed by atoms with E-state index in [1.165, 1.54) is 22.7 Å². The second kappa shape index (κ2) is 8.10. The summed E-state index contributed by atoms with van der Waals surface area (Å²) in [6.45, 7) is 3.50. The topological polar surface area (TPSA) is 101 Å². The number of carbonyl (C=O) groups is 1. The SMILES string of the molecule is C[C@H]1C[C@@H]1c1ccc(/C=N\NC(=O)c2cccc(S(=O)(=O)N3CCOCC3)c2)o1. The average molecular weight is 417 g/mol. The molecule has 1 aromatic carbocycles. The number of hydrogen-bond donors (Lipinski definition) is 1. The fourth-order valence-corrected chi connectivity index (χ4v) is 4.76. The first kappa shape index (κ1) is 19.8. The minimum absolute atomic E-state index is 0.0743. The van der Waals surface area contributed by atoms with Gasteiger partial charge in [0.05, 0.1) is 24.3 Å². The van der Waals surface area contributed by atoms with Crippen LogP contribution in [0, 0.1) is 5.92 Å². The van der Waals surface area contributed by atoms with Crippen LogP contribution in [-0.2, 0) is 14.8 Å². The summed E-state index contributed by atoms with van der Waals surface area (Å²) in [5.41, 5.74) is 2.62. The summed E-state index contributed by atoms with van der Waals surface area (Å²) in [6, 6.07) is 9.66. The van der Waals surface area contributed by atoms with Gasteiger partial charge in [-0.05, 0) is 42.7 Å². The normalized spacial score (nSPS) is 22.7. The van der Waals surface area contributed by atoms with Crippen LogP contribution < -0.4 is 5.43 Å². The second-order valence-electron chi connectivity index (χ2n) is 7.30. The molecular formula is C20H23N3O5S. The van der Waals surface area contributed by atoms with Gasteiger partial charge in [0, 0.05) is 24.6 Å². The Labute approximate surface area is 169 Å². The highest BCUT2D eigenvalue weighted by Crippen LogP contribution is 2.47. The molecule has 2 aliphatic rings. The highest BCUT2D eigenvalue weighted by molar-refractivity contribution is 7.89. The molecule has 8 nitrogen and oxygen atoms in total. The Balaban J connectivity index is 1.41. The zero-order chi connectivity index (χ0) is 20.4. The van der Waals surface area contributed by atoms with Gasteiger partial charge in [0.15, 0.2) is 0 Å². The lowest BCUT2D eigenvalue weighted by Gasteiger charge is -2.26. The molecule has 154 valence electrons. The number of furan rings is 1. The molecular weight excluding hydrogens is 394 g/mol. The van der Waals surface area contributed by atoms with Gasteiger partial charge in [-0.2, -0.15) is 9.41 Å². The number of rotatable bonds is 6. The molecule has 0 radical (unpaired) electrons. The summed E-state index contributed by atoms with van der Waals surface area (Å²) in [6.07, 6.45) is 2.56. The number of hydrazone groups is 1. The Hall–Kier alpha value is -2.49. The van der Waals surface area contributed by atoms with E-state index in [9.17, 15) is 13.2 Å². The van der Waals surface area contributed by atoms with Gasteiger partial charge in [0.25, 0.3) is 5.91 Å². The van der Waals surface area contributed by atoms with Gasteiger partial charge < -0.3 is 9.15 Å². The summed E-state index contributed by atoms with van der Waals surface area (Å²) in [4.78, 5) is 12.4. The molecule has 2 aromatic rings. The van der Waals surface area contributed by atoms with Gasteiger partial charge in [-0.3, -0.25) is 4.79 Å². The number of amides is 1. The van der Waals surface area contributed by atoms with Crippen molar-refractivity contribution in [3.8, 4) is 0 Å². The number of hydrogen-bond acceptors (Lipinski definition) is 6. The molecule has 0 bridgehead atoms. The summed E-state index contributed by atoms with van der Waals surface area (Å²) in [5.74, 6) is 2.12. The molecule has 2 fully saturated rings. The molecule has 1 N–H and O–H groups in total. The van der Waals surface area contributed by atoms with Crippen LogP contribution in [0.15, 0.2) is 50.8 Å². The van der Waals surface area contributed by atoms with Crippen molar-refractivity contribution in [2.24, 2.45) is 11.0 Å². The van der Waals surface area contributed by atoms with E-state index in [0.29, 0.717) is 43.9 Å². The molecule has 1 aliphatic carbocycles. The van der Waals surface area contributed by atoms with Gasteiger partial charge in [-0.1, -0.05) is 13.0 Å². The van der Waals surface area contributed by atoms with Crippen LogP contribution >= 0.6 is 0 Å². The zero-order valence-corrected chi connectivity index (χ0v) is 16.9. The highest BCUT2D eigenvalue weighted by Gasteiger charge is 2.36. The lowest BCUT2D eigenvalue weighted by atomic mass is 10.2. The van der Waals surface area contributed by atoms with E-state index < -0.39 is 15.9 Å². The maximum Gasteiger partial charge on any atom is 0.271 e. The van der Waals surface area contributed by atoms with E-state index in [1.807, 2.05) is 12.1 Å². The molecule has 0 spiro atoms. The first-order valence-electron chi connectivity index (χ1n) is 9.56. The first-order chi connectivity index (χ1) is 13.9. The maximum absolute atomic E-state index is 12.7. The molecule has 29 heavy (non-hydrogen) atoms. The van der Waals surface area contributed by atoms with Crippen LogP contribution in [0.25, 0.3) is 0 Å². The standard InChI is InChI=1S/C20H23N3O5S/c1-14-11-18(14)19-6-5-16(28-19)13-21-22-20(24)15-3-2-4-17(12-15)29(25,26)23-7-9-27-10-8-23/h2-6,12-14,18H,7-11H2,1H3,(H,22,24)/b21-13-/t14-,18-/m0/s1. The van der Waals surface area contributed by atoms with Crippen molar-refractivity contribution < 1.29 is 22.4 Å². The fourth-order valence-electron chi connectivity index (χ4n) is 3.31. The summed E-state index contributed by atoms with van der Waals surface area (Å²) in [7, 11) is -3.67. The number of ether oxygens (including phenoxy) is 1. The third kappa shape index (κ3) is 4.42. The Morgan fingerprint density at radius 2 is 2.00 bits per heavy atom. The van der Waals surface area contributed by atoms with E-state index in [4.69, 9.17) is 9.15 Å². The third-order valence-corrected chi connectivity index (χ3v) is 7.08. The zero-order valence-electron chi connectivity index (χ0n) is 16.1. The van der Waals surface area contributed by atoms with Crippen molar-refractivity contribution in [1.82, 2.24) is 9.73 Å². The number of benzene rings is 1. The molecule has 1 saturated heterocycles. The van der Waals surface area contributed by atoms with Crippen LogP contribution in [-0.4, -0.2) is 51.1 Å². The van der Waals surface area contributed by atoms with Crippen LogP contribution in [0.2, 0.25) is 0 Å². The Morgan fingerprint density at radius 3 is 2.72 bits per heavy atom. The average Bonchev–Trinajstić information content (AvgIpc) is 3.28. The predicted octanol–water partition coefficient (Wildman–Crippen LogP) is 2.19. The van der Waals surface area contributed by atoms with Gasteiger partial charge >= 0.3 is 0 Å². The largest absolute Gasteiger partial charge is 0.460 e. The van der Waals surface area contributed by atoms with E-state index >= 15 is 0 Å². The first-order valence-corrected chi connectivity index (χ1v) is 11.0. The minimum Gasteiger partial charge on any atom is -0.460 e. The van der Waals surface area contributed by atoms with E-state index in [-0.39, 0.29) is 10.5 Å². The summed E-state index contributed by atoms with van der Waals surface area (Å²) >= 11 is 0. The van der Waals surface area contributed by atoms with Crippen molar-refractivity contribution in [2.45, 2.75) is 24.2 Å². The van der Waals surface area contributed by atoms with E-state index in [2.05, 4.69) is 17.5 Å². The van der Waals surface area contributed by atoms with Gasteiger partial charge in [-0.15, -0.1) is 0 Å². The lowest BCUT2D eigenvalue weighted by molar-refractivity contribution is 0.0730. The molecule has 1 aromatic heterocycles. The molecule has 0 unspecified atom stereocenters. The number of morpholine rings is 1. The minimum atomic E-state index is -3.67. The maximum atomic E-state index is 12.7. The van der Waals surface area contributed by atoms with Gasteiger partial charge in [0.2, 0.25) is 10.0 Å². The van der Waals surface area contributed by atoms with Crippen molar-refractivity contribution in [2.75, 3.05) is 26.3 Å². The second-order valence-corrected chi connectivity index (χ2v) is 9.24. The monoisotopic (exact) mass is 417 g/mol. The van der Waals surface area contributed by atoms with Gasteiger partial charge in [0.1, 0.15) is 11.5 Å². The van der Waals surface area contributed by atoms with Gasteiger partial charge in [-0.25, -0.2) is 13.8 Å². The van der Waals surface area contributed by atoms with Crippen LogP contribution in [0.5, 0.6) is 0 Å². The lowest BCUT2D eigenvalue weighted by Crippen LogP contribution is -2.40. The van der Waals surface area contributed by atoms with Crippen LogP contribution in [0.4, 0.5) is 0 Å². The van der Waals surface area contributed by atoms with Crippen molar-refractivity contribution in [3.63, 3.8) is 0 Å². The smallest absolute Gasteiger partial charge is 0.271 e. The van der Waals surface area contributed by atoms with Crippen molar-refractivity contribution in [1.29, 1.82) is 0 Å². The van der Waals surface area contributed by atoms with Crippen molar-refractivity contribution >= 4 is 22.1 Å². The quantitative estimate of drug-likeness (QED) is 0.573. The molecule has 2 heterocycles. The van der Waals surface area contributed by atoms with Crippen LogP contribution in [0.1, 0.15) is 41.1 Å². The number of nitrogens with one attached hydrogen (secondary N) is 1. The highest BCUT2D eigenvalue weighted by atomic mass is 32.2. The Morgan fingerprint density at radius 1 is 1.24 bits per heavy atom. The third-order valence-electron chi connectivity index (χ3n) is 5.18. The number of sulfonamides is 1. The van der Waals surface area contributed by atoms with Crippen LogP contribution in [0.3, 0.4) is 0 Å².